The van der Waals surface area contributed by atoms with Crippen LogP contribution in [0.3, 0.4) is 0 Å². The smallest absolute Gasteiger partial charge is 0.0622 e. The summed E-state index contributed by atoms with van der Waals surface area (Å²) >= 11 is 3.12. The van der Waals surface area contributed by atoms with Crippen LogP contribution in [-0.4, -0.2) is 0 Å². The SMILES string of the molecule is [2H]c1cc(Br)cc([2H])c1[2H]. The summed E-state index contributed by atoms with van der Waals surface area (Å²) in [5, 5.41) is 0. The third-order valence-corrected chi connectivity index (χ3v) is 1.02. The zero-order chi connectivity index (χ0) is 7.72. The number of hydrogen-bond acceptors (Lipinski definition) is 0. The molecule has 0 radical (unpaired) electrons. The van der Waals surface area contributed by atoms with E-state index >= 15 is 0 Å². The fourth-order valence-corrected chi connectivity index (χ4v) is 0.522. The number of benzene rings is 1. The summed E-state index contributed by atoms with van der Waals surface area (Å²) < 4.78 is 22.2. The first-order valence-electron chi connectivity index (χ1n) is 3.34. The van der Waals surface area contributed by atoms with Crippen molar-refractivity contribution in [2.24, 2.45) is 0 Å². The van der Waals surface area contributed by atoms with Crippen LogP contribution < -0.4 is 0 Å². The molecule has 0 amide bonds. The lowest BCUT2D eigenvalue weighted by Crippen LogP contribution is -1.55. The molecule has 0 nitrogen and oxygen atoms in total. The van der Waals surface area contributed by atoms with Crippen LogP contribution in [0.15, 0.2) is 34.7 Å². The highest BCUT2D eigenvalue weighted by atomic mass is 79.9. The molecule has 7 heavy (non-hydrogen) atoms. The van der Waals surface area contributed by atoms with Crippen LogP contribution in [0.4, 0.5) is 0 Å². The van der Waals surface area contributed by atoms with Crippen molar-refractivity contribution >= 4 is 15.9 Å². The second-order valence-electron chi connectivity index (χ2n) is 1.09. The van der Waals surface area contributed by atoms with E-state index in [9.17, 15) is 0 Å². The van der Waals surface area contributed by atoms with Crippen molar-refractivity contribution in [2.45, 2.75) is 0 Å². The van der Waals surface area contributed by atoms with Crippen molar-refractivity contribution in [2.75, 3.05) is 0 Å². The number of halogens is 1. The standard InChI is InChI=1S/C6H5Br/c7-6-4-2-1-3-5-6/h1-5H/i1D,2D,3D. The van der Waals surface area contributed by atoms with Gasteiger partial charge in [-0.05, 0) is 12.1 Å². The molecule has 0 saturated carbocycles. The van der Waals surface area contributed by atoms with Gasteiger partial charge in [0.15, 0.2) is 0 Å². The van der Waals surface area contributed by atoms with Gasteiger partial charge in [0.25, 0.3) is 0 Å². The molecule has 0 heterocycles. The molecule has 1 rings (SSSR count). The Labute approximate surface area is 55.5 Å². The molecule has 0 aliphatic rings. The minimum Gasteiger partial charge on any atom is -0.0622 e. The van der Waals surface area contributed by atoms with E-state index in [1.165, 1.54) is 12.1 Å². The Morgan fingerprint density at radius 1 is 1.29 bits per heavy atom. The minimum atomic E-state index is -0.0248. The normalized spacial score (nSPS) is 14.7. The Bertz CT molecular complexity index is 236. The van der Waals surface area contributed by atoms with Crippen LogP contribution >= 0.6 is 15.9 Å². The van der Waals surface area contributed by atoms with Crippen molar-refractivity contribution in [3.8, 4) is 0 Å². The maximum Gasteiger partial charge on any atom is 0.0623 e. The Hall–Kier alpha value is -0.300. The molecule has 1 heteroatoms. The van der Waals surface area contributed by atoms with Gasteiger partial charge in [-0.15, -0.1) is 0 Å². The Kier molecular flexibility index (Phi) is 0.702. The van der Waals surface area contributed by atoms with Crippen LogP contribution in [0.5, 0.6) is 0 Å². The van der Waals surface area contributed by atoms with Crippen molar-refractivity contribution < 1.29 is 4.11 Å². The summed E-state index contributed by atoms with van der Waals surface area (Å²) in [5.74, 6) is 0. The second kappa shape index (κ2) is 2.12. The molecule has 0 aliphatic carbocycles. The maximum atomic E-state index is 7.16. The van der Waals surface area contributed by atoms with E-state index in [4.69, 9.17) is 4.11 Å². The molecule has 0 N–H and O–H groups in total. The van der Waals surface area contributed by atoms with E-state index in [1.54, 1.807) is 0 Å². The average Bonchev–Trinajstić information content (AvgIpc) is 1.82. The lowest BCUT2D eigenvalue weighted by molar-refractivity contribution is 1.66. The molecular formula is C6H5Br. The first kappa shape index (κ1) is 2.31. The largest absolute Gasteiger partial charge is 0.0623 e. The summed E-state index contributed by atoms with van der Waals surface area (Å²) in [7, 11) is 0. The molecule has 0 unspecified atom stereocenters. The van der Waals surface area contributed by atoms with Crippen LogP contribution in [0.2, 0.25) is 0 Å². The fourth-order valence-electron chi connectivity index (χ4n) is 0.293. The molecule has 1 aromatic carbocycles. The highest BCUT2D eigenvalue weighted by molar-refractivity contribution is 9.10. The number of hydrogen-bond donors (Lipinski definition) is 0. The van der Waals surface area contributed by atoms with Crippen LogP contribution in [-0.2, 0) is 0 Å². The Balaban J connectivity index is 3.31. The van der Waals surface area contributed by atoms with Gasteiger partial charge in [0.1, 0.15) is 0 Å². The first-order chi connectivity index (χ1) is 4.61. The average molecular weight is 160 g/mol. The quantitative estimate of drug-likeness (QED) is 0.546. The fraction of sp³-hybridized carbons (Fsp3) is 0. The van der Waals surface area contributed by atoms with Gasteiger partial charge in [-0.1, -0.05) is 34.1 Å². The molecule has 0 aliphatic heterocycles. The molecule has 0 atom stereocenters. The topological polar surface area (TPSA) is 0 Å². The molecule has 36 valence electrons. The van der Waals surface area contributed by atoms with Gasteiger partial charge in [-0.3, -0.25) is 0 Å². The van der Waals surface area contributed by atoms with E-state index in [0.29, 0.717) is 4.47 Å². The zero-order valence-electron chi connectivity index (χ0n) is 6.53. The predicted molar refractivity (Wildman–Crippen MR) is 34.1 cm³/mol. The van der Waals surface area contributed by atoms with Gasteiger partial charge < -0.3 is 0 Å². The van der Waals surface area contributed by atoms with E-state index < -0.39 is 0 Å². The van der Waals surface area contributed by atoms with Gasteiger partial charge >= 0.3 is 0 Å². The molecule has 0 saturated heterocycles. The third-order valence-electron chi connectivity index (χ3n) is 0.564. The lowest BCUT2D eigenvalue weighted by Gasteiger charge is -1.80. The molecule has 0 fully saturated rings. The predicted octanol–water partition coefficient (Wildman–Crippen LogP) is 2.45. The molecule has 0 spiro atoms. The van der Waals surface area contributed by atoms with Gasteiger partial charge in [0, 0.05) is 4.47 Å². The van der Waals surface area contributed by atoms with E-state index in [0.717, 1.165) is 0 Å². The summed E-state index contributed by atoms with van der Waals surface area (Å²) in [6, 6.07) is 3.14. The van der Waals surface area contributed by atoms with Gasteiger partial charge in [-0.2, -0.15) is 0 Å². The number of rotatable bonds is 0. The first-order valence-corrected chi connectivity index (χ1v) is 2.64. The Morgan fingerprint density at radius 3 is 2.43 bits per heavy atom. The summed E-state index contributed by atoms with van der Waals surface area (Å²) in [6.45, 7) is 0. The summed E-state index contributed by atoms with van der Waals surface area (Å²) in [6.07, 6.45) is 0. The van der Waals surface area contributed by atoms with E-state index in [1.807, 2.05) is 0 Å². The lowest BCUT2D eigenvalue weighted by atomic mass is 10.4. The van der Waals surface area contributed by atoms with Crippen LogP contribution in [0.1, 0.15) is 4.11 Å². The highest BCUT2D eigenvalue weighted by Crippen LogP contribution is 2.05. The van der Waals surface area contributed by atoms with E-state index in [2.05, 4.69) is 15.9 Å². The Morgan fingerprint density at radius 2 is 1.86 bits per heavy atom. The van der Waals surface area contributed by atoms with Gasteiger partial charge in [-0.25, -0.2) is 0 Å². The van der Waals surface area contributed by atoms with Crippen molar-refractivity contribution in [1.82, 2.24) is 0 Å². The van der Waals surface area contributed by atoms with Crippen molar-refractivity contribution in [3.05, 3.63) is 34.7 Å². The highest BCUT2D eigenvalue weighted by Gasteiger charge is 1.74. The summed E-state index contributed by atoms with van der Waals surface area (Å²) in [5.41, 5.74) is 0. The van der Waals surface area contributed by atoms with Crippen LogP contribution in [0.25, 0.3) is 0 Å². The third kappa shape index (κ3) is 1.32. The maximum absolute atomic E-state index is 7.16. The summed E-state index contributed by atoms with van der Waals surface area (Å²) in [4.78, 5) is 0. The van der Waals surface area contributed by atoms with Crippen LogP contribution in [0, 0.1) is 0 Å². The molecule has 0 bridgehead atoms. The van der Waals surface area contributed by atoms with Gasteiger partial charge in [0.2, 0.25) is 0 Å². The second-order valence-corrected chi connectivity index (χ2v) is 2.00. The zero-order valence-corrected chi connectivity index (χ0v) is 5.12. The van der Waals surface area contributed by atoms with Crippen molar-refractivity contribution in [1.29, 1.82) is 0 Å². The van der Waals surface area contributed by atoms with E-state index in [-0.39, 0.29) is 18.1 Å². The minimum absolute atomic E-state index is 0.0248. The molecular weight excluding hydrogens is 152 g/mol. The molecule has 0 aromatic heterocycles. The monoisotopic (exact) mass is 159 g/mol. The van der Waals surface area contributed by atoms with Crippen molar-refractivity contribution in [3.63, 3.8) is 0 Å². The van der Waals surface area contributed by atoms with Gasteiger partial charge in [0.05, 0.1) is 4.11 Å². The molecule has 1 aromatic rings.